The average Bonchev–Trinajstić information content (AvgIpc) is 1.53. The number of hydrogen-bond acceptors (Lipinski definition) is 39. The quantitative estimate of drug-likeness (QED) is 0.0364. The van der Waals surface area contributed by atoms with Crippen LogP contribution in [0, 0.1) is 27.6 Å². The number of rotatable bonds is 38. The first-order valence-corrected chi connectivity index (χ1v) is 49.3. The Morgan fingerprint density at radius 3 is 0.938 bits per heavy atom. The Hall–Kier alpha value is -1.43. The number of halogens is 16. The fraction of sp³-hybridized carbons (Fsp3) is 0.957. The minimum atomic E-state index is -5.32. The molecule has 1 heterocycles. The predicted octanol–water partition coefficient (Wildman–Crippen LogP) is 4.08. The lowest BCUT2D eigenvalue weighted by molar-refractivity contribution is -0.158. The minimum absolute atomic E-state index is 0.0159. The van der Waals surface area contributed by atoms with Gasteiger partial charge in [-0.05, 0) is 64.7 Å². The van der Waals surface area contributed by atoms with E-state index in [-0.39, 0.29) is 29.9 Å². The van der Waals surface area contributed by atoms with Crippen molar-refractivity contribution >= 4 is 184 Å². The molecule has 0 aromatic rings. The summed E-state index contributed by atoms with van der Waals surface area (Å²) in [6.45, 7) is 0.884. The molecule has 67 heteroatoms. The molecule has 113 heavy (non-hydrogen) atoms. The van der Waals surface area contributed by atoms with Gasteiger partial charge in [0.05, 0.1) is 81.8 Å². The van der Waals surface area contributed by atoms with E-state index in [9.17, 15) is 163 Å². The van der Waals surface area contributed by atoms with Gasteiger partial charge in [0.1, 0.15) is 51.0 Å². The Balaban J connectivity index is 0. The van der Waals surface area contributed by atoms with E-state index in [4.69, 9.17) is 39.5 Å². The first-order valence-electron chi connectivity index (χ1n) is 29.4. The second-order valence-electron chi connectivity index (χ2n) is 24.3. The van der Waals surface area contributed by atoms with Crippen molar-refractivity contribution in [1.29, 1.82) is 0 Å². The van der Waals surface area contributed by atoms with Crippen LogP contribution in [0.5, 0.6) is 0 Å². The Morgan fingerprint density at radius 2 is 0.708 bits per heavy atom. The Bertz CT molecular complexity index is 4770. The monoisotopic (exact) mass is 2050 g/mol. The van der Waals surface area contributed by atoms with Crippen LogP contribution in [0.4, 0.5) is 52.7 Å². The number of ether oxygens (including phenoxy) is 1. The van der Waals surface area contributed by atoms with Crippen LogP contribution < -0.4 is 0 Å². The molecule has 4 aliphatic rings. The first kappa shape index (κ1) is 114. The molecule has 4 atom stereocenters. The lowest BCUT2D eigenvalue weighted by Crippen LogP contribution is -2.45. The van der Waals surface area contributed by atoms with Gasteiger partial charge in [-0.25, -0.2) is 0 Å². The largest absolute Gasteiger partial charge is 0.458 e. The molecule has 0 aromatic carbocycles. The zero-order valence-electron chi connectivity index (χ0n) is 60.3. The van der Waals surface area contributed by atoms with E-state index in [1.54, 1.807) is 34.6 Å². The van der Waals surface area contributed by atoms with Crippen LogP contribution in [0.1, 0.15) is 87.5 Å². The standard InChI is InChI=1S/C13H20F2O8S2.C13H20F2O7S2.C6H12F2O6S2.C5H9BrF2O6S2.C5H10F2O6S2.C4H5Cl3F2O6S2/c1-10(2)11(3)5-6-12(10,9(16)23-11)8-24(17,18)22-7-13(14,15)25(19,20)21-4;1-11(2)9-4-5-12(11,10(16)6-9)8-23(17,18)22-7-13(14,15)24(19,20)21-3;1-5(2)15(9,10)14-4-6(7,8)16(11,12)13-3;1-13-16(11,12)5(7,8)4-14-15(9,10)3-2-6;1-3-14(8,9)13-4-5(6,7)15(10,11)12-2;1-14-16(10,11)3(8,9)2-15-17(12,13)4(5,6)7/h5-8H2,1-4H3;9H,4-8H2,1-3H3;5H,4H2,1-3H3;2-4H2,1H3;3-4H2,1-2H3;2H2,1H3. The summed E-state index contributed by atoms with van der Waals surface area (Å²) in [6, 6.07) is 0. The molecule has 4 fully saturated rings. The highest BCUT2D eigenvalue weighted by atomic mass is 79.9. The summed E-state index contributed by atoms with van der Waals surface area (Å²) in [7, 11) is -54.9. The van der Waals surface area contributed by atoms with Crippen molar-refractivity contribution in [2.75, 3.05) is 111 Å². The molecule has 1 saturated heterocycles. The van der Waals surface area contributed by atoms with Crippen LogP contribution >= 0.6 is 50.7 Å². The lowest BCUT2D eigenvalue weighted by atomic mass is 9.67. The zero-order chi connectivity index (χ0) is 90.8. The third kappa shape index (κ3) is 28.6. The molecule has 678 valence electrons. The summed E-state index contributed by atoms with van der Waals surface area (Å²) in [6.07, 6.45) is 1.91. The van der Waals surface area contributed by atoms with Crippen LogP contribution in [0.3, 0.4) is 0 Å². The normalized spacial score (nSPS) is 21.6. The van der Waals surface area contributed by atoms with Gasteiger partial charge < -0.3 is 4.74 Å². The molecule has 0 N–H and O–H groups in total. The Kier molecular flexibility index (Phi) is 39.6. The highest BCUT2D eigenvalue weighted by Gasteiger charge is 2.74. The fourth-order valence-corrected chi connectivity index (χ4v) is 19.3. The zero-order valence-corrected chi connectivity index (χ0v) is 74.0. The molecular weight excluding hydrogens is 1980 g/mol. The summed E-state index contributed by atoms with van der Waals surface area (Å²) in [5.41, 5.74) is -4.92. The molecule has 0 radical (unpaired) electrons. The van der Waals surface area contributed by atoms with Gasteiger partial charge in [0, 0.05) is 17.2 Å². The molecule has 39 nitrogen and oxygen atoms in total. The van der Waals surface area contributed by atoms with Crippen molar-refractivity contribution in [3.05, 3.63) is 0 Å². The highest BCUT2D eigenvalue weighted by molar-refractivity contribution is 9.09. The van der Waals surface area contributed by atoms with Crippen molar-refractivity contribution in [3.8, 4) is 0 Å². The van der Waals surface area contributed by atoms with E-state index in [0.717, 1.165) is 6.92 Å². The summed E-state index contributed by atoms with van der Waals surface area (Å²) < 4.78 is 469. The number of fused-ring (bicyclic) bond motifs is 4. The van der Waals surface area contributed by atoms with Gasteiger partial charge in [-0.2, -0.15) is 154 Å². The number of hydrogen-bond donors (Lipinski definition) is 0. The van der Waals surface area contributed by atoms with Gasteiger partial charge in [-0.3, -0.25) is 59.8 Å². The van der Waals surface area contributed by atoms with Crippen molar-refractivity contribution in [2.45, 2.75) is 133 Å². The summed E-state index contributed by atoms with van der Waals surface area (Å²) in [4.78, 5) is 24.5. The molecule has 0 spiro atoms. The molecule has 3 saturated carbocycles. The molecule has 0 aromatic heterocycles. The lowest BCUT2D eigenvalue weighted by Gasteiger charge is -2.35. The van der Waals surface area contributed by atoms with Crippen LogP contribution in [-0.4, -0.2) is 269 Å². The Morgan fingerprint density at radius 1 is 0.425 bits per heavy atom. The number of carbonyl (C=O) groups is 2. The smallest absolute Gasteiger partial charge is 0.394 e. The maximum atomic E-state index is 13.5. The maximum absolute atomic E-state index is 13.5. The molecule has 3 aliphatic carbocycles. The predicted molar refractivity (Wildman–Crippen MR) is 367 cm³/mol. The van der Waals surface area contributed by atoms with E-state index < -0.39 is 257 Å². The number of alkyl halides is 16. The Labute approximate surface area is 668 Å². The number of Topliss-reactive ketones (excluding diaryl/α,β-unsaturated/α-hetero) is 1. The molecule has 4 rings (SSSR count). The van der Waals surface area contributed by atoms with Gasteiger partial charge in [-0.15, -0.1) is 0 Å². The SMILES string of the molecule is CCS(=O)(=O)OCC(F)(F)S(=O)(=O)OC.COS(=O)(=O)C(F)(F)COS(=O)(=O)C(C)C.COS(=O)(=O)C(F)(F)COS(=O)(=O)C(Cl)(Cl)Cl.COS(=O)(=O)C(F)(F)COS(=O)(=O)CC12CCC(C)(OC1=O)C2(C)C.COS(=O)(=O)C(F)(F)COS(=O)(=O)CC12CCC(CC1=O)C2(C)C.COS(=O)(=O)C(F)(F)COS(=O)(=O)CCBr. The summed E-state index contributed by atoms with van der Waals surface area (Å²) in [5, 5.41) is -28.0. The molecule has 4 unspecified atom stereocenters. The van der Waals surface area contributed by atoms with Gasteiger partial charge in [0.25, 0.3) is 50.6 Å². The fourth-order valence-electron chi connectivity index (χ4n) is 9.06. The van der Waals surface area contributed by atoms with Gasteiger partial charge in [0.15, 0.2) is 0 Å². The van der Waals surface area contributed by atoms with Crippen LogP contribution in [0.25, 0.3) is 0 Å². The third-order valence-corrected chi connectivity index (χ3v) is 34.7. The second-order valence-corrected chi connectivity index (χ2v) is 49.9. The third-order valence-electron chi connectivity index (χ3n) is 16.7. The van der Waals surface area contributed by atoms with Crippen molar-refractivity contribution in [1.82, 2.24) is 0 Å². The van der Waals surface area contributed by atoms with Crippen LogP contribution in [-0.2, 0) is 186 Å². The van der Waals surface area contributed by atoms with Gasteiger partial charge in [0.2, 0.25) is 0 Å². The van der Waals surface area contributed by atoms with E-state index in [1.165, 1.54) is 13.8 Å². The first-order chi connectivity index (χ1) is 49.7. The van der Waals surface area contributed by atoms with Crippen LogP contribution in [0.2, 0.25) is 0 Å². The molecule has 1 aliphatic heterocycles. The molecule has 0 amide bonds. The van der Waals surface area contributed by atoms with E-state index in [0.29, 0.717) is 61.9 Å². The van der Waals surface area contributed by atoms with Gasteiger partial charge in [-0.1, -0.05) is 78.4 Å². The van der Waals surface area contributed by atoms with Crippen molar-refractivity contribution < 1.29 is 218 Å². The number of esters is 1. The van der Waals surface area contributed by atoms with E-state index >= 15 is 0 Å². The maximum Gasteiger partial charge on any atom is 0.394 e. The second kappa shape index (κ2) is 39.4. The molecule has 4 bridgehead atoms. The minimum Gasteiger partial charge on any atom is -0.458 e. The average molecular weight is 2050 g/mol. The summed E-state index contributed by atoms with van der Waals surface area (Å²) in [5.74, 6) is -3.57. The van der Waals surface area contributed by atoms with Crippen LogP contribution in [0.15, 0.2) is 0 Å². The number of carbonyl (C=O) groups excluding carboxylic acids is 2. The van der Waals surface area contributed by atoms with E-state index in [2.05, 4.69) is 66.1 Å². The van der Waals surface area contributed by atoms with Crippen molar-refractivity contribution in [2.24, 2.45) is 27.6 Å². The topological polar surface area (TPSA) is 564 Å². The van der Waals surface area contributed by atoms with Gasteiger partial charge >= 0.3 is 111 Å². The highest BCUT2D eigenvalue weighted by Crippen LogP contribution is 2.66. The van der Waals surface area contributed by atoms with E-state index in [1.807, 2.05) is 0 Å². The number of ketones is 1. The summed E-state index contributed by atoms with van der Waals surface area (Å²) >= 11 is 17.5. The molecular formula is C46H76BrCl3F12O39S12. The van der Waals surface area contributed by atoms with Crippen molar-refractivity contribution in [3.63, 3.8) is 0 Å².